The summed E-state index contributed by atoms with van der Waals surface area (Å²) in [5.74, 6) is 0. The summed E-state index contributed by atoms with van der Waals surface area (Å²) in [6, 6.07) is 6.50. The Morgan fingerprint density at radius 2 is 2.10 bits per heavy atom. The summed E-state index contributed by atoms with van der Waals surface area (Å²) in [5.41, 5.74) is 9.63. The minimum Gasteiger partial charge on any atom is -0.325 e. The molecule has 0 amide bonds. The number of thiazole rings is 1. The van der Waals surface area contributed by atoms with E-state index in [9.17, 15) is 10.1 Å². The molecule has 0 radical (unpaired) electrons. The lowest BCUT2D eigenvalue weighted by atomic mass is 10.1. The van der Waals surface area contributed by atoms with Crippen LogP contribution in [0.15, 0.2) is 29.6 Å². The van der Waals surface area contributed by atoms with Crippen molar-refractivity contribution in [1.82, 2.24) is 9.38 Å². The van der Waals surface area contributed by atoms with Gasteiger partial charge in [0, 0.05) is 24.1 Å². The predicted molar refractivity (Wildman–Crippen MR) is 77.8 cm³/mol. The Morgan fingerprint density at radius 1 is 1.40 bits per heavy atom. The topological polar surface area (TPSA) is 86.5 Å². The van der Waals surface area contributed by atoms with Gasteiger partial charge >= 0.3 is 0 Å². The van der Waals surface area contributed by atoms with E-state index in [1.165, 1.54) is 23.5 Å². The zero-order chi connectivity index (χ0) is 14.3. The Morgan fingerprint density at radius 3 is 2.70 bits per heavy atom. The summed E-state index contributed by atoms with van der Waals surface area (Å²) in [4.78, 5) is 15.6. The molecule has 0 aliphatic carbocycles. The molecule has 0 fully saturated rings. The van der Waals surface area contributed by atoms with E-state index in [-0.39, 0.29) is 5.69 Å². The normalized spacial score (nSPS) is 11.1. The fourth-order valence-corrected chi connectivity index (χ4v) is 3.18. The maximum Gasteiger partial charge on any atom is 0.269 e. The average Bonchev–Trinajstić information content (AvgIpc) is 2.96. The summed E-state index contributed by atoms with van der Waals surface area (Å²) in [6.45, 7) is 2.34. The molecular weight excluding hydrogens is 276 g/mol. The number of rotatable bonds is 3. The van der Waals surface area contributed by atoms with Gasteiger partial charge in [-0.05, 0) is 24.6 Å². The monoisotopic (exact) mass is 288 g/mol. The highest BCUT2D eigenvalue weighted by molar-refractivity contribution is 7.15. The van der Waals surface area contributed by atoms with Crippen LogP contribution in [0.2, 0.25) is 0 Å². The number of benzene rings is 1. The second-order valence-electron chi connectivity index (χ2n) is 4.39. The number of imidazole rings is 1. The molecule has 3 aromatic rings. The van der Waals surface area contributed by atoms with E-state index in [0.29, 0.717) is 6.54 Å². The smallest absolute Gasteiger partial charge is 0.269 e. The maximum absolute atomic E-state index is 10.7. The van der Waals surface area contributed by atoms with Gasteiger partial charge < -0.3 is 5.73 Å². The van der Waals surface area contributed by atoms with Gasteiger partial charge in [0.15, 0.2) is 4.96 Å². The number of fused-ring (bicyclic) bond motifs is 1. The Kier molecular flexibility index (Phi) is 3.00. The molecule has 6 nitrogen and oxygen atoms in total. The van der Waals surface area contributed by atoms with Gasteiger partial charge in [0.25, 0.3) is 5.69 Å². The molecular formula is C13H12N4O2S. The molecule has 2 aromatic heterocycles. The SMILES string of the molecule is Cc1nc2scc(-c3ccc([N+](=O)[O-])cc3)n2c1CN. The summed E-state index contributed by atoms with van der Waals surface area (Å²) in [6.07, 6.45) is 0. The van der Waals surface area contributed by atoms with Gasteiger partial charge in [-0.25, -0.2) is 4.98 Å². The van der Waals surface area contributed by atoms with E-state index in [4.69, 9.17) is 5.73 Å². The van der Waals surface area contributed by atoms with Gasteiger partial charge in [0.2, 0.25) is 0 Å². The first-order valence-corrected chi connectivity index (χ1v) is 6.90. The van der Waals surface area contributed by atoms with Crippen LogP contribution in [0.4, 0.5) is 5.69 Å². The lowest BCUT2D eigenvalue weighted by Gasteiger charge is -2.03. The number of nitrogens with zero attached hydrogens (tertiary/aromatic N) is 3. The van der Waals surface area contributed by atoms with Crippen LogP contribution >= 0.6 is 11.3 Å². The van der Waals surface area contributed by atoms with E-state index in [0.717, 1.165) is 27.6 Å². The van der Waals surface area contributed by atoms with E-state index >= 15 is 0 Å². The molecule has 0 saturated heterocycles. The fourth-order valence-electron chi connectivity index (χ4n) is 2.21. The van der Waals surface area contributed by atoms with E-state index in [1.54, 1.807) is 12.1 Å². The molecule has 0 atom stereocenters. The Labute approximate surface area is 118 Å². The van der Waals surface area contributed by atoms with Gasteiger partial charge in [0.1, 0.15) is 0 Å². The highest BCUT2D eigenvalue weighted by Gasteiger charge is 2.14. The van der Waals surface area contributed by atoms with Crippen molar-refractivity contribution in [1.29, 1.82) is 0 Å². The van der Waals surface area contributed by atoms with E-state index in [2.05, 4.69) is 4.98 Å². The van der Waals surface area contributed by atoms with Crippen molar-refractivity contribution in [3.63, 3.8) is 0 Å². The number of aryl methyl sites for hydroxylation is 1. The molecule has 2 heterocycles. The molecule has 0 saturated carbocycles. The molecule has 7 heteroatoms. The maximum atomic E-state index is 10.7. The van der Waals surface area contributed by atoms with E-state index < -0.39 is 4.92 Å². The van der Waals surface area contributed by atoms with Crippen LogP contribution in [0.3, 0.4) is 0 Å². The van der Waals surface area contributed by atoms with Crippen molar-refractivity contribution < 1.29 is 4.92 Å². The molecule has 0 bridgehead atoms. The highest BCUT2D eigenvalue weighted by Crippen LogP contribution is 2.29. The summed E-state index contributed by atoms with van der Waals surface area (Å²) in [7, 11) is 0. The van der Waals surface area contributed by atoms with Gasteiger partial charge in [-0.3, -0.25) is 14.5 Å². The summed E-state index contributed by atoms with van der Waals surface area (Å²) in [5, 5.41) is 12.7. The largest absolute Gasteiger partial charge is 0.325 e. The quantitative estimate of drug-likeness (QED) is 0.593. The van der Waals surface area contributed by atoms with Crippen LogP contribution in [0, 0.1) is 17.0 Å². The third-order valence-electron chi connectivity index (χ3n) is 3.23. The number of non-ortho nitro benzene ring substituents is 1. The number of nitro groups is 1. The number of hydrogen-bond acceptors (Lipinski definition) is 5. The van der Waals surface area contributed by atoms with E-state index in [1.807, 2.05) is 16.7 Å². The van der Waals surface area contributed by atoms with Crippen LogP contribution in [0.1, 0.15) is 11.4 Å². The third-order valence-corrected chi connectivity index (χ3v) is 4.05. The molecule has 3 rings (SSSR count). The number of nitrogens with two attached hydrogens (primary N) is 1. The zero-order valence-corrected chi connectivity index (χ0v) is 11.6. The van der Waals surface area contributed by atoms with Gasteiger partial charge in [-0.2, -0.15) is 0 Å². The van der Waals surface area contributed by atoms with Crippen molar-refractivity contribution in [2.24, 2.45) is 5.73 Å². The molecule has 0 aliphatic rings. The first-order valence-electron chi connectivity index (χ1n) is 6.02. The van der Waals surface area contributed by atoms with Crippen LogP contribution < -0.4 is 5.73 Å². The average molecular weight is 288 g/mol. The van der Waals surface area contributed by atoms with Crippen molar-refractivity contribution >= 4 is 22.0 Å². The van der Waals surface area contributed by atoms with Crippen LogP contribution in [0.25, 0.3) is 16.2 Å². The summed E-state index contributed by atoms with van der Waals surface area (Å²) >= 11 is 1.53. The van der Waals surface area contributed by atoms with Crippen molar-refractivity contribution in [3.05, 3.63) is 51.1 Å². The van der Waals surface area contributed by atoms with Crippen LogP contribution in [-0.2, 0) is 6.54 Å². The third kappa shape index (κ3) is 1.87. The number of nitro benzene ring substituents is 1. The van der Waals surface area contributed by atoms with Gasteiger partial charge in [0.05, 0.1) is 22.0 Å². The Hall–Kier alpha value is -2.25. The minimum absolute atomic E-state index is 0.0843. The molecule has 0 unspecified atom stereocenters. The van der Waals surface area contributed by atoms with Crippen molar-refractivity contribution in [2.75, 3.05) is 0 Å². The molecule has 20 heavy (non-hydrogen) atoms. The van der Waals surface area contributed by atoms with Crippen molar-refractivity contribution in [2.45, 2.75) is 13.5 Å². The number of aromatic nitrogens is 2. The first kappa shape index (κ1) is 12.8. The van der Waals surface area contributed by atoms with Gasteiger partial charge in [-0.15, -0.1) is 11.3 Å². The Bertz CT molecular complexity index is 789. The first-order chi connectivity index (χ1) is 9.61. The van der Waals surface area contributed by atoms with Gasteiger partial charge in [-0.1, -0.05) is 0 Å². The molecule has 102 valence electrons. The Balaban J connectivity index is 2.16. The second kappa shape index (κ2) is 4.69. The molecule has 2 N–H and O–H groups in total. The standard InChI is InChI=1S/C13H12N4O2S/c1-8-11(6-14)16-12(7-20-13(16)15-8)9-2-4-10(5-3-9)17(18)19/h2-5,7H,6,14H2,1H3. The molecule has 0 spiro atoms. The van der Waals surface area contributed by atoms with Crippen LogP contribution in [-0.4, -0.2) is 14.3 Å². The lowest BCUT2D eigenvalue weighted by Crippen LogP contribution is -2.03. The predicted octanol–water partition coefficient (Wildman–Crippen LogP) is 2.74. The molecule has 0 aliphatic heterocycles. The second-order valence-corrected chi connectivity index (χ2v) is 5.23. The number of hydrogen-bond donors (Lipinski definition) is 1. The molecule has 1 aromatic carbocycles. The van der Waals surface area contributed by atoms with Crippen LogP contribution in [0.5, 0.6) is 0 Å². The minimum atomic E-state index is -0.403. The lowest BCUT2D eigenvalue weighted by molar-refractivity contribution is -0.384. The summed E-state index contributed by atoms with van der Waals surface area (Å²) < 4.78 is 2.02. The highest BCUT2D eigenvalue weighted by atomic mass is 32.1. The fraction of sp³-hybridized carbons (Fsp3) is 0.154. The zero-order valence-electron chi connectivity index (χ0n) is 10.7. The van der Waals surface area contributed by atoms with Crippen molar-refractivity contribution in [3.8, 4) is 11.3 Å².